The molecule has 7 nitrogen and oxygen atoms in total. The van der Waals surface area contributed by atoms with E-state index in [2.05, 4.69) is 5.32 Å². The Bertz CT molecular complexity index is 1180. The van der Waals surface area contributed by atoms with Gasteiger partial charge in [0.25, 0.3) is 0 Å². The third-order valence-electron chi connectivity index (χ3n) is 7.75. The van der Waals surface area contributed by atoms with Crippen molar-refractivity contribution in [2.45, 2.75) is 56.3 Å². The largest absolute Gasteiger partial charge is 0.486 e. The van der Waals surface area contributed by atoms with Crippen LogP contribution in [0.3, 0.4) is 0 Å². The molecule has 3 N–H and O–H groups in total. The molecule has 196 valence electrons. The lowest BCUT2D eigenvalue weighted by molar-refractivity contribution is -0.141. The van der Waals surface area contributed by atoms with E-state index in [1.165, 1.54) is 12.1 Å². The number of carbonyl (C=O) groups excluding carboxylic acids is 2. The molecule has 1 fully saturated rings. The van der Waals surface area contributed by atoms with Crippen LogP contribution in [0.1, 0.15) is 42.7 Å². The summed E-state index contributed by atoms with van der Waals surface area (Å²) in [6, 6.07) is 12.9. The number of carbonyl (C=O) groups is 2. The molecule has 1 saturated carbocycles. The molecule has 2 aromatic carbocycles. The number of para-hydroxylation sites is 1. The summed E-state index contributed by atoms with van der Waals surface area (Å²) in [5, 5.41) is 23.6. The van der Waals surface area contributed by atoms with Gasteiger partial charge in [0.05, 0.1) is 18.6 Å². The molecule has 5 rings (SSSR count). The summed E-state index contributed by atoms with van der Waals surface area (Å²) in [6.45, 7) is 0.159. The van der Waals surface area contributed by atoms with Gasteiger partial charge in [-0.3, -0.25) is 9.59 Å². The van der Waals surface area contributed by atoms with E-state index in [1.807, 2.05) is 30.3 Å². The summed E-state index contributed by atoms with van der Waals surface area (Å²) in [6.07, 6.45) is 3.85. The van der Waals surface area contributed by atoms with Crippen LogP contribution in [-0.4, -0.2) is 64.9 Å². The fourth-order valence-electron chi connectivity index (χ4n) is 5.95. The predicted octanol–water partition coefficient (Wildman–Crippen LogP) is 2.71. The van der Waals surface area contributed by atoms with Crippen LogP contribution in [0, 0.1) is 11.7 Å². The summed E-state index contributed by atoms with van der Waals surface area (Å²) in [4.78, 5) is 28.7. The first kappa shape index (κ1) is 25.4. The van der Waals surface area contributed by atoms with Crippen molar-refractivity contribution in [2.75, 3.05) is 19.7 Å². The number of fused-ring (bicyclic) bond motifs is 3. The highest BCUT2D eigenvalue weighted by atomic mass is 19.1. The molecule has 4 atom stereocenters. The van der Waals surface area contributed by atoms with Crippen LogP contribution in [0.2, 0.25) is 0 Å². The lowest BCUT2D eigenvalue weighted by atomic mass is 9.77. The number of rotatable bonds is 8. The van der Waals surface area contributed by atoms with E-state index in [9.17, 15) is 24.2 Å². The second-order valence-electron chi connectivity index (χ2n) is 10.1. The fraction of sp³-hybridized carbons (Fsp3) is 0.448. The number of nitrogens with zero attached hydrogens (tertiary/aromatic N) is 1. The van der Waals surface area contributed by atoms with E-state index in [-0.39, 0.29) is 43.2 Å². The molecular formula is C29H33FN2O5. The van der Waals surface area contributed by atoms with Gasteiger partial charge in [-0.2, -0.15) is 0 Å². The van der Waals surface area contributed by atoms with Crippen molar-refractivity contribution < 1.29 is 28.9 Å². The first-order valence-electron chi connectivity index (χ1n) is 13.1. The van der Waals surface area contributed by atoms with Crippen LogP contribution >= 0.6 is 0 Å². The Morgan fingerprint density at radius 1 is 1.11 bits per heavy atom. The number of hydrogen-bond donors (Lipinski definition) is 3. The molecule has 8 heteroatoms. The zero-order chi connectivity index (χ0) is 25.9. The number of aliphatic hydroxyl groups excluding tert-OH is 2. The second kappa shape index (κ2) is 11.0. The Labute approximate surface area is 215 Å². The quantitative estimate of drug-likeness (QED) is 0.509. The van der Waals surface area contributed by atoms with Crippen molar-refractivity contribution in [1.82, 2.24) is 10.2 Å². The number of aliphatic hydroxyl groups is 2. The van der Waals surface area contributed by atoms with E-state index < -0.39 is 24.2 Å². The molecule has 0 spiro atoms. The van der Waals surface area contributed by atoms with Crippen molar-refractivity contribution in [3.63, 3.8) is 0 Å². The van der Waals surface area contributed by atoms with Crippen molar-refractivity contribution in [2.24, 2.45) is 5.92 Å². The van der Waals surface area contributed by atoms with Crippen LogP contribution in [0.25, 0.3) is 0 Å². The van der Waals surface area contributed by atoms with E-state index in [1.54, 1.807) is 17.0 Å². The Hall–Kier alpha value is -3.23. The standard InChI is InChI=1S/C29H33FN2O5/c30-20-9-5-6-18(16-20)12-14-32(29(36)19-7-1-2-8-19)23-17-22(28(35)31-13-15-33)25-21-10-3-4-11-24(21)37-27(25)26(23)34/h3-6,9-11,16-17,19,23,25-27,33-34H,1-2,7-8,12-15H2,(H,31,35)/t23-,25+,26+,27+/m1/s1. The smallest absolute Gasteiger partial charge is 0.247 e. The monoisotopic (exact) mass is 508 g/mol. The molecule has 1 heterocycles. The number of nitrogens with one attached hydrogen (secondary N) is 1. The molecule has 3 aliphatic rings. The zero-order valence-corrected chi connectivity index (χ0v) is 20.7. The Morgan fingerprint density at radius 3 is 2.65 bits per heavy atom. The van der Waals surface area contributed by atoms with Gasteiger partial charge in [0.2, 0.25) is 11.8 Å². The number of ether oxygens (including phenoxy) is 1. The molecule has 0 aromatic heterocycles. The van der Waals surface area contributed by atoms with Crippen LogP contribution in [-0.2, 0) is 16.0 Å². The summed E-state index contributed by atoms with van der Waals surface area (Å²) in [5.41, 5.74) is 1.97. The summed E-state index contributed by atoms with van der Waals surface area (Å²) in [5.74, 6) is -0.789. The third-order valence-corrected chi connectivity index (χ3v) is 7.75. The van der Waals surface area contributed by atoms with Gasteiger partial charge in [0, 0.05) is 30.1 Å². The van der Waals surface area contributed by atoms with Crippen LogP contribution in [0.4, 0.5) is 4.39 Å². The normalized spacial score (nSPS) is 24.6. The molecule has 2 aliphatic carbocycles. The average Bonchev–Trinajstić information content (AvgIpc) is 3.57. The average molecular weight is 509 g/mol. The van der Waals surface area contributed by atoms with Crippen LogP contribution < -0.4 is 10.1 Å². The maximum Gasteiger partial charge on any atom is 0.247 e. The predicted molar refractivity (Wildman–Crippen MR) is 135 cm³/mol. The Morgan fingerprint density at radius 2 is 1.89 bits per heavy atom. The Balaban J connectivity index is 1.51. The fourth-order valence-corrected chi connectivity index (χ4v) is 5.95. The van der Waals surface area contributed by atoms with Crippen LogP contribution in [0.5, 0.6) is 5.75 Å². The van der Waals surface area contributed by atoms with Crippen LogP contribution in [0.15, 0.2) is 60.2 Å². The van der Waals surface area contributed by atoms with Crippen molar-refractivity contribution in [3.8, 4) is 5.75 Å². The topological polar surface area (TPSA) is 99.1 Å². The highest BCUT2D eigenvalue weighted by Gasteiger charge is 2.50. The molecule has 0 unspecified atom stereocenters. The van der Waals surface area contributed by atoms with Gasteiger partial charge < -0.3 is 25.2 Å². The molecule has 37 heavy (non-hydrogen) atoms. The maximum atomic E-state index is 13.8. The highest BCUT2D eigenvalue weighted by Crippen LogP contribution is 2.47. The first-order valence-corrected chi connectivity index (χ1v) is 13.1. The highest BCUT2D eigenvalue weighted by molar-refractivity contribution is 5.96. The van der Waals surface area contributed by atoms with Crippen molar-refractivity contribution >= 4 is 11.8 Å². The van der Waals surface area contributed by atoms with Crippen molar-refractivity contribution in [1.29, 1.82) is 0 Å². The molecule has 0 saturated heterocycles. The molecule has 2 aromatic rings. The van der Waals surface area contributed by atoms with Gasteiger partial charge in [0.15, 0.2) is 0 Å². The second-order valence-corrected chi connectivity index (χ2v) is 10.1. The molecular weight excluding hydrogens is 475 g/mol. The van der Waals surface area contributed by atoms with Gasteiger partial charge in [-0.1, -0.05) is 43.2 Å². The minimum absolute atomic E-state index is 0.0571. The molecule has 2 amide bonds. The minimum atomic E-state index is -1.07. The zero-order valence-electron chi connectivity index (χ0n) is 20.7. The van der Waals surface area contributed by atoms with E-state index in [4.69, 9.17) is 4.74 Å². The van der Waals surface area contributed by atoms with Gasteiger partial charge in [0.1, 0.15) is 23.8 Å². The number of halogens is 1. The van der Waals surface area contributed by atoms with E-state index in [0.717, 1.165) is 36.8 Å². The SMILES string of the molecule is O=C(NCCO)C1=C[C@@H](N(CCc2cccc(F)c2)C(=O)C2CCCC2)[C@H](O)[C@H]2Oc3ccccc3[C@@H]12. The van der Waals surface area contributed by atoms with E-state index in [0.29, 0.717) is 17.7 Å². The summed E-state index contributed by atoms with van der Waals surface area (Å²) >= 11 is 0. The summed E-state index contributed by atoms with van der Waals surface area (Å²) < 4.78 is 20.0. The molecule has 1 aliphatic heterocycles. The minimum Gasteiger partial charge on any atom is -0.486 e. The van der Waals surface area contributed by atoms with Gasteiger partial charge in [-0.05, 0) is 49.1 Å². The Kier molecular flexibility index (Phi) is 7.58. The molecule has 0 bridgehead atoms. The number of hydrogen-bond acceptors (Lipinski definition) is 5. The van der Waals surface area contributed by atoms with Gasteiger partial charge in [-0.15, -0.1) is 0 Å². The maximum absolute atomic E-state index is 13.8. The third kappa shape index (κ3) is 5.13. The summed E-state index contributed by atoms with van der Waals surface area (Å²) in [7, 11) is 0. The van der Waals surface area contributed by atoms with E-state index >= 15 is 0 Å². The van der Waals surface area contributed by atoms with Crippen molar-refractivity contribution in [3.05, 3.63) is 77.1 Å². The first-order chi connectivity index (χ1) is 18.0. The van der Waals surface area contributed by atoms with Gasteiger partial charge in [-0.25, -0.2) is 4.39 Å². The molecule has 0 radical (unpaired) electrons. The lowest BCUT2D eigenvalue weighted by Gasteiger charge is -2.41. The lowest BCUT2D eigenvalue weighted by Crippen LogP contribution is -2.57. The van der Waals surface area contributed by atoms with Gasteiger partial charge >= 0.3 is 0 Å². The number of benzene rings is 2. The number of amides is 2.